The standard InChI is InChI=1S/C18H24N4O2/c1-14(7-8-15-5-3-2-4-6-15)20-18(23)22-11-9-16(10-12-22)17-19-13-24-21-17/h2-6,13-14,16H,7-12H2,1H3,(H,20,23). The number of hydrogen-bond acceptors (Lipinski definition) is 4. The molecule has 1 aromatic heterocycles. The lowest BCUT2D eigenvalue weighted by Crippen LogP contribution is -2.47. The molecule has 1 aromatic carbocycles. The third kappa shape index (κ3) is 4.34. The van der Waals surface area contributed by atoms with E-state index in [1.54, 1.807) is 0 Å². The summed E-state index contributed by atoms with van der Waals surface area (Å²) in [6.07, 6.45) is 5.04. The van der Waals surface area contributed by atoms with Crippen molar-refractivity contribution in [1.29, 1.82) is 0 Å². The van der Waals surface area contributed by atoms with Crippen LogP contribution in [-0.4, -0.2) is 40.2 Å². The molecule has 0 aliphatic carbocycles. The fourth-order valence-electron chi connectivity index (χ4n) is 3.10. The molecule has 0 radical (unpaired) electrons. The molecule has 2 aromatic rings. The van der Waals surface area contributed by atoms with Crippen molar-refractivity contribution in [2.75, 3.05) is 13.1 Å². The highest BCUT2D eigenvalue weighted by atomic mass is 16.5. The molecule has 1 fully saturated rings. The number of piperidine rings is 1. The molecule has 2 amide bonds. The normalized spacial score (nSPS) is 16.8. The van der Waals surface area contributed by atoms with Crippen LogP contribution in [0.1, 0.15) is 43.5 Å². The van der Waals surface area contributed by atoms with E-state index >= 15 is 0 Å². The molecule has 1 aliphatic heterocycles. The van der Waals surface area contributed by atoms with Crippen LogP contribution in [0.5, 0.6) is 0 Å². The van der Waals surface area contributed by atoms with Crippen molar-refractivity contribution < 1.29 is 9.32 Å². The van der Waals surface area contributed by atoms with Crippen molar-refractivity contribution in [3.8, 4) is 0 Å². The molecule has 1 atom stereocenters. The number of aromatic nitrogens is 2. The van der Waals surface area contributed by atoms with Crippen LogP contribution in [0.3, 0.4) is 0 Å². The molecule has 3 rings (SSSR count). The third-order valence-corrected chi connectivity index (χ3v) is 4.60. The van der Waals surface area contributed by atoms with Crippen LogP contribution in [0.15, 0.2) is 41.2 Å². The van der Waals surface area contributed by atoms with Crippen LogP contribution in [0, 0.1) is 0 Å². The summed E-state index contributed by atoms with van der Waals surface area (Å²) in [6.45, 7) is 3.53. The summed E-state index contributed by atoms with van der Waals surface area (Å²) in [5.74, 6) is 1.05. The van der Waals surface area contributed by atoms with Gasteiger partial charge in [-0.05, 0) is 38.2 Å². The molecule has 24 heavy (non-hydrogen) atoms. The molecular formula is C18H24N4O2. The minimum Gasteiger partial charge on any atom is -0.343 e. The Morgan fingerprint density at radius 2 is 2.08 bits per heavy atom. The highest BCUT2D eigenvalue weighted by Crippen LogP contribution is 2.25. The largest absolute Gasteiger partial charge is 0.343 e. The molecule has 128 valence electrons. The number of carbonyl (C=O) groups excluding carboxylic acids is 1. The van der Waals surface area contributed by atoms with Crippen LogP contribution in [0.25, 0.3) is 0 Å². The summed E-state index contributed by atoms with van der Waals surface area (Å²) >= 11 is 0. The zero-order chi connectivity index (χ0) is 16.8. The zero-order valence-electron chi connectivity index (χ0n) is 14.0. The van der Waals surface area contributed by atoms with Crippen molar-refractivity contribution in [3.05, 3.63) is 48.1 Å². The first-order valence-electron chi connectivity index (χ1n) is 8.58. The van der Waals surface area contributed by atoms with Crippen molar-refractivity contribution in [2.24, 2.45) is 0 Å². The van der Waals surface area contributed by atoms with Gasteiger partial charge in [0.25, 0.3) is 0 Å². The van der Waals surface area contributed by atoms with Crippen LogP contribution in [-0.2, 0) is 6.42 Å². The fourth-order valence-corrected chi connectivity index (χ4v) is 3.10. The number of urea groups is 1. The Bertz CT molecular complexity index is 622. The number of aryl methyl sites for hydroxylation is 1. The lowest BCUT2D eigenvalue weighted by Gasteiger charge is -2.31. The van der Waals surface area contributed by atoms with Gasteiger partial charge in [-0.3, -0.25) is 0 Å². The van der Waals surface area contributed by atoms with Crippen LogP contribution in [0.2, 0.25) is 0 Å². The molecule has 1 N–H and O–H groups in total. The SMILES string of the molecule is CC(CCc1ccccc1)NC(=O)N1CCC(c2ncon2)CC1. The second-order valence-electron chi connectivity index (χ2n) is 6.43. The van der Waals surface area contributed by atoms with Gasteiger partial charge in [-0.2, -0.15) is 4.98 Å². The summed E-state index contributed by atoms with van der Waals surface area (Å²) < 4.78 is 4.80. The summed E-state index contributed by atoms with van der Waals surface area (Å²) in [7, 11) is 0. The lowest BCUT2D eigenvalue weighted by molar-refractivity contribution is 0.176. The van der Waals surface area contributed by atoms with E-state index in [1.165, 1.54) is 12.0 Å². The number of carbonyl (C=O) groups is 1. The Balaban J connectivity index is 1.40. The first kappa shape index (κ1) is 16.5. The molecule has 1 unspecified atom stereocenters. The predicted octanol–water partition coefficient (Wildman–Crippen LogP) is 2.98. The number of nitrogens with one attached hydrogen (secondary N) is 1. The Kier molecular flexibility index (Phi) is 5.46. The number of amides is 2. The van der Waals surface area contributed by atoms with Crippen molar-refractivity contribution in [2.45, 2.75) is 44.6 Å². The van der Waals surface area contributed by atoms with E-state index in [4.69, 9.17) is 4.52 Å². The van der Waals surface area contributed by atoms with E-state index in [9.17, 15) is 4.79 Å². The maximum atomic E-state index is 12.4. The van der Waals surface area contributed by atoms with Crippen LogP contribution in [0.4, 0.5) is 4.79 Å². The smallest absolute Gasteiger partial charge is 0.317 e. The average Bonchev–Trinajstić information content (AvgIpc) is 3.16. The topological polar surface area (TPSA) is 71.3 Å². The van der Waals surface area contributed by atoms with Crippen molar-refractivity contribution in [3.63, 3.8) is 0 Å². The van der Waals surface area contributed by atoms with Gasteiger partial charge in [-0.15, -0.1) is 0 Å². The van der Waals surface area contributed by atoms with Crippen LogP contribution >= 0.6 is 0 Å². The number of likely N-dealkylation sites (tertiary alicyclic amines) is 1. The van der Waals surface area contributed by atoms with E-state index in [0.29, 0.717) is 5.92 Å². The third-order valence-electron chi connectivity index (χ3n) is 4.60. The van der Waals surface area contributed by atoms with E-state index in [1.807, 2.05) is 23.1 Å². The van der Waals surface area contributed by atoms with Gasteiger partial charge in [0.1, 0.15) is 0 Å². The maximum absolute atomic E-state index is 12.4. The highest BCUT2D eigenvalue weighted by Gasteiger charge is 2.26. The van der Waals surface area contributed by atoms with Gasteiger partial charge in [-0.1, -0.05) is 35.5 Å². The Labute approximate surface area is 142 Å². The summed E-state index contributed by atoms with van der Waals surface area (Å²) in [5.41, 5.74) is 1.31. The van der Waals surface area contributed by atoms with E-state index in [-0.39, 0.29) is 12.1 Å². The summed E-state index contributed by atoms with van der Waals surface area (Å²) in [5, 5.41) is 7.01. The van der Waals surface area contributed by atoms with Gasteiger partial charge in [0.15, 0.2) is 5.82 Å². The Morgan fingerprint density at radius 1 is 1.33 bits per heavy atom. The molecule has 6 heteroatoms. The summed E-state index contributed by atoms with van der Waals surface area (Å²) in [6, 6.07) is 10.6. The van der Waals surface area contributed by atoms with Gasteiger partial charge in [0, 0.05) is 25.0 Å². The Hall–Kier alpha value is -2.37. The van der Waals surface area contributed by atoms with E-state index in [2.05, 4.69) is 34.5 Å². The van der Waals surface area contributed by atoms with E-state index in [0.717, 1.165) is 44.6 Å². The number of nitrogens with zero attached hydrogens (tertiary/aromatic N) is 3. The molecular weight excluding hydrogens is 304 g/mol. The minimum atomic E-state index is 0.0297. The average molecular weight is 328 g/mol. The van der Waals surface area contributed by atoms with Crippen molar-refractivity contribution >= 4 is 6.03 Å². The van der Waals surface area contributed by atoms with Crippen LogP contribution < -0.4 is 5.32 Å². The highest BCUT2D eigenvalue weighted by molar-refractivity contribution is 5.74. The number of hydrogen-bond donors (Lipinski definition) is 1. The first-order chi connectivity index (χ1) is 11.7. The molecule has 1 saturated heterocycles. The predicted molar refractivity (Wildman–Crippen MR) is 90.6 cm³/mol. The molecule has 6 nitrogen and oxygen atoms in total. The molecule has 2 heterocycles. The number of rotatable bonds is 5. The van der Waals surface area contributed by atoms with Gasteiger partial charge in [0.2, 0.25) is 6.39 Å². The molecule has 0 bridgehead atoms. The minimum absolute atomic E-state index is 0.0297. The van der Waals surface area contributed by atoms with Gasteiger partial charge < -0.3 is 14.7 Å². The van der Waals surface area contributed by atoms with Gasteiger partial charge >= 0.3 is 6.03 Å². The monoisotopic (exact) mass is 328 g/mol. The van der Waals surface area contributed by atoms with Gasteiger partial charge in [0.05, 0.1) is 0 Å². The van der Waals surface area contributed by atoms with Gasteiger partial charge in [-0.25, -0.2) is 4.79 Å². The fraction of sp³-hybridized carbons (Fsp3) is 0.500. The quantitative estimate of drug-likeness (QED) is 0.916. The molecule has 1 aliphatic rings. The summed E-state index contributed by atoms with van der Waals surface area (Å²) in [4.78, 5) is 18.4. The van der Waals surface area contributed by atoms with E-state index < -0.39 is 0 Å². The lowest BCUT2D eigenvalue weighted by atomic mass is 9.96. The molecule has 0 spiro atoms. The zero-order valence-corrected chi connectivity index (χ0v) is 14.0. The maximum Gasteiger partial charge on any atom is 0.317 e. The Morgan fingerprint density at radius 3 is 2.75 bits per heavy atom. The first-order valence-corrected chi connectivity index (χ1v) is 8.58. The number of benzene rings is 1. The second-order valence-corrected chi connectivity index (χ2v) is 6.43. The second kappa shape index (κ2) is 7.95. The molecule has 0 saturated carbocycles. The van der Waals surface area contributed by atoms with Crippen molar-refractivity contribution in [1.82, 2.24) is 20.4 Å².